The molecule has 0 aliphatic heterocycles. The first kappa shape index (κ1) is 18.7. The Kier molecular flexibility index (Phi) is 4.46. The molecule has 1 atom stereocenters. The predicted octanol–water partition coefficient (Wildman–Crippen LogP) is 5.14. The van der Waals surface area contributed by atoms with Crippen LogP contribution in [0.1, 0.15) is 64.8 Å². The number of hydrogen-bond donors (Lipinski definition) is 0. The summed E-state index contributed by atoms with van der Waals surface area (Å²) in [6, 6.07) is 16.7. The summed E-state index contributed by atoms with van der Waals surface area (Å²) < 4.78 is 1.63. The number of aryl methyl sites for hydroxylation is 1. The smallest absolute Gasteiger partial charge is 0.252 e. The van der Waals surface area contributed by atoms with Crippen molar-refractivity contribution in [3.63, 3.8) is 0 Å². The largest absolute Gasteiger partial charge is 0.294 e. The second kappa shape index (κ2) is 7.17. The molecule has 0 fully saturated rings. The van der Waals surface area contributed by atoms with Crippen molar-refractivity contribution in [2.24, 2.45) is 0 Å². The monoisotopic (exact) mass is 396 g/mol. The summed E-state index contributed by atoms with van der Waals surface area (Å²) in [7, 11) is 0. The van der Waals surface area contributed by atoms with Crippen LogP contribution >= 0.6 is 0 Å². The Bertz CT molecular complexity index is 1240. The highest BCUT2D eigenvalue weighted by Gasteiger charge is 2.28. The second-order valence-electron chi connectivity index (χ2n) is 8.50. The molecule has 0 bridgehead atoms. The van der Waals surface area contributed by atoms with Gasteiger partial charge in [-0.1, -0.05) is 67.9 Å². The Labute approximate surface area is 175 Å². The third-order valence-corrected chi connectivity index (χ3v) is 5.97. The van der Waals surface area contributed by atoms with E-state index < -0.39 is 0 Å². The summed E-state index contributed by atoms with van der Waals surface area (Å²) in [5.74, 6) is 1.93. The molecular weight excluding hydrogens is 372 g/mol. The van der Waals surface area contributed by atoms with E-state index in [1.807, 2.05) is 24.3 Å². The molecule has 2 heterocycles. The van der Waals surface area contributed by atoms with Crippen molar-refractivity contribution in [1.82, 2.24) is 19.6 Å². The Hall–Kier alpha value is -3.34. The SMILES string of the molecule is Cc1ccc(-c2nc3nc4c(cn3n2)C(=O)C[C@H](c2ccc(C(C)C)cc2)C4)cc1. The van der Waals surface area contributed by atoms with Crippen molar-refractivity contribution >= 4 is 11.6 Å². The van der Waals surface area contributed by atoms with E-state index in [9.17, 15) is 4.79 Å². The van der Waals surface area contributed by atoms with E-state index in [2.05, 4.69) is 55.1 Å². The summed E-state index contributed by atoms with van der Waals surface area (Å²) in [5, 5.41) is 4.55. The van der Waals surface area contributed by atoms with Gasteiger partial charge in [0.15, 0.2) is 11.6 Å². The van der Waals surface area contributed by atoms with Crippen molar-refractivity contribution in [2.75, 3.05) is 0 Å². The van der Waals surface area contributed by atoms with E-state index in [0.29, 0.717) is 29.5 Å². The molecule has 0 spiro atoms. The minimum absolute atomic E-state index is 0.121. The minimum atomic E-state index is 0.121. The summed E-state index contributed by atoms with van der Waals surface area (Å²) in [6.45, 7) is 6.43. The number of ketones is 1. The van der Waals surface area contributed by atoms with Gasteiger partial charge in [0.05, 0.1) is 11.3 Å². The van der Waals surface area contributed by atoms with E-state index in [1.165, 1.54) is 16.7 Å². The first-order chi connectivity index (χ1) is 14.5. The highest BCUT2D eigenvalue weighted by atomic mass is 16.1. The van der Waals surface area contributed by atoms with E-state index in [1.54, 1.807) is 10.7 Å². The maximum absolute atomic E-state index is 12.9. The molecule has 150 valence electrons. The molecule has 1 aliphatic carbocycles. The number of benzene rings is 2. The molecule has 5 nitrogen and oxygen atoms in total. The van der Waals surface area contributed by atoms with Gasteiger partial charge in [0, 0.05) is 18.2 Å². The van der Waals surface area contributed by atoms with Crippen LogP contribution in [-0.4, -0.2) is 25.4 Å². The number of Topliss-reactive ketones (excluding diaryl/α,β-unsaturated/α-hetero) is 1. The molecule has 0 N–H and O–H groups in total. The molecule has 0 unspecified atom stereocenters. The maximum Gasteiger partial charge on any atom is 0.252 e. The fourth-order valence-corrected chi connectivity index (χ4v) is 4.10. The Balaban J connectivity index is 1.49. The van der Waals surface area contributed by atoms with Crippen LogP contribution in [0.4, 0.5) is 0 Å². The van der Waals surface area contributed by atoms with Gasteiger partial charge >= 0.3 is 0 Å². The first-order valence-corrected chi connectivity index (χ1v) is 10.4. The summed E-state index contributed by atoms with van der Waals surface area (Å²) >= 11 is 0. The van der Waals surface area contributed by atoms with Crippen molar-refractivity contribution in [3.8, 4) is 11.4 Å². The molecule has 2 aromatic heterocycles. The van der Waals surface area contributed by atoms with Crippen molar-refractivity contribution in [2.45, 2.75) is 45.4 Å². The number of carbonyl (C=O) groups excluding carboxylic acids is 1. The highest BCUT2D eigenvalue weighted by molar-refractivity contribution is 5.98. The normalized spacial score (nSPS) is 16.3. The fraction of sp³-hybridized carbons (Fsp3) is 0.280. The molecule has 0 saturated heterocycles. The zero-order chi connectivity index (χ0) is 20.8. The second-order valence-corrected chi connectivity index (χ2v) is 8.50. The van der Waals surface area contributed by atoms with Gasteiger partial charge in [-0.2, -0.15) is 4.98 Å². The van der Waals surface area contributed by atoms with Gasteiger partial charge in [-0.25, -0.2) is 9.50 Å². The Morgan fingerprint density at radius 2 is 1.70 bits per heavy atom. The standard InChI is InChI=1S/C25H24N4O/c1-15(2)17-8-10-18(11-9-17)20-12-22-21(23(30)13-20)14-29-25(26-22)27-24(28-29)19-6-4-16(3)5-7-19/h4-11,14-15,20H,12-13H2,1-3H3/t20-/m1/s1. The molecule has 0 amide bonds. The van der Waals surface area contributed by atoms with Gasteiger partial charge in [-0.05, 0) is 36.3 Å². The van der Waals surface area contributed by atoms with Gasteiger partial charge < -0.3 is 0 Å². The average Bonchev–Trinajstić information content (AvgIpc) is 3.16. The molecule has 5 heteroatoms. The predicted molar refractivity (Wildman–Crippen MR) is 117 cm³/mol. The Morgan fingerprint density at radius 1 is 0.967 bits per heavy atom. The van der Waals surface area contributed by atoms with Crippen LogP contribution in [0.5, 0.6) is 0 Å². The highest BCUT2D eigenvalue weighted by Crippen LogP contribution is 2.33. The quantitative estimate of drug-likeness (QED) is 0.481. The summed E-state index contributed by atoms with van der Waals surface area (Å²) in [5.41, 5.74) is 6.13. The minimum Gasteiger partial charge on any atom is -0.294 e. The van der Waals surface area contributed by atoms with Crippen molar-refractivity contribution in [3.05, 3.63) is 82.7 Å². The van der Waals surface area contributed by atoms with E-state index >= 15 is 0 Å². The number of carbonyl (C=O) groups is 1. The fourth-order valence-electron chi connectivity index (χ4n) is 4.10. The van der Waals surface area contributed by atoms with Crippen LogP contribution in [0.15, 0.2) is 54.7 Å². The van der Waals surface area contributed by atoms with E-state index in [-0.39, 0.29) is 11.7 Å². The van der Waals surface area contributed by atoms with Gasteiger partial charge in [-0.3, -0.25) is 4.79 Å². The Morgan fingerprint density at radius 3 is 2.40 bits per heavy atom. The third-order valence-electron chi connectivity index (χ3n) is 5.97. The van der Waals surface area contributed by atoms with Crippen molar-refractivity contribution < 1.29 is 4.79 Å². The van der Waals surface area contributed by atoms with Crippen LogP contribution in [0.25, 0.3) is 17.2 Å². The summed E-state index contributed by atoms with van der Waals surface area (Å²) in [4.78, 5) is 22.2. The van der Waals surface area contributed by atoms with E-state index in [4.69, 9.17) is 4.98 Å². The lowest BCUT2D eigenvalue weighted by atomic mass is 9.81. The maximum atomic E-state index is 12.9. The zero-order valence-electron chi connectivity index (χ0n) is 17.5. The molecule has 2 aromatic carbocycles. The average molecular weight is 396 g/mol. The van der Waals surface area contributed by atoms with Gasteiger partial charge in [0.1, 0.15) is 0 Å². The molecule has 0 radical (unpaired) electrons. The van der Waals surface area contributed by atoms with Gasteiger partial charge in [0.25, 0.3) is 5.78 Å². The van der Waals surface area contributed by atoms with Crippen LogP contribution < -0.4 is 0 Å². The van der Waals surface area contributed by atoms with Crippen molar-refractivity contribution in [1.29, 1.82) is 0 Å². The lowest BCUT2D eigenvalue weighted by Crippen LogP contribution is -2.21. The summed E-state index contributed by atoms with van der Waals surface area (Å²) in [6.07, 6.45) is 3.04. The number of rotatable bonds is 3. The number of fused-ring (bicyclic) bond motifs is 2. The first-order valence-electron chi connectivity index (χ1n) is 10.4. The zero-order valence-corrected chi connectivity index (χ0v) is 17.5. The van der Waals surface area contributed by atoms with Gasteiger partial charge in [-0.15, -0.1) is 5.10 Å². The topological polar surface area (TPSA) is 60.1 Å². The molecule has 1 aliphatic rings. The lowest BCUT2D eigenvalue weighted by molar-refractivity contribution is 0.0962. The number of aromatic nitrogens is 4. The van der Waals surface area contributed by atoms with Crippen LogP contribution in [0.2, 0.25) is 0 Å². The molecular formula is C25H24N4O. The molecule has 5 rings (SSSR count). The van der Waals surface area contributed by atoms with E-state index in [0.717, 1.165) is 17.7 Å². The van der Waals surface area contributed by atoms with Gasteiger partial charge in [0.2, 0.25) is 0 Å². The molecule has 0 saturated carbocycles. The van der Waals surface area contributed by atoms with Crippen LogP contribution in [0, 0.1) is 6.92 Å². The molecule has 30 heavy (non-hydrogen) atoms. The van der Waals surface area contributed by atoms with Crippen LogP contribution in [0.3, 0.4) is 0 Å². The van der Waals surface area contributed by atoms with Crippen LogP contribution in [-0.2, 0) is 6.42 Å². The third kappa shape index (κ3) is 3.30. The lowest BCUT2D eigenvalue weighted by Gasteiger charge is -2.23. The molecule has 4 aromatic rings. The number of nitrogens with zero attached hydrogens (tertiary/aromatic N) is 4. The number of hydrogen-bond acceptors (Lipinski definition) is 4.